The highest BCUT2D eigenvalue weighted by Gasteiger charge is 2.27. The number of benzene rings is 1. The van der Waals surface area contributed by atoms with Crippen LogP contribution in [0.5, 0.6) is 0 Å². The molecule has 2 fully saturated rings. The van der Waals surface area contributed by atoms with Gasteiger partial charge in [0, 0.05) is 58.4 Å². The van der Waals surface area contributed by atoms with Crippen molar-refractivity contribution in [2.75, 3.05) is 58.6 Å². The van der Waals surface area contributed by atoms with E-state index >= 15 is 0 Å². The van der Waals surface area contributed by atoms with Gasteiger partial charge >= 0.3 is 0 Å². The average molecular weight is 465 g/mol. The number of fused-ring (bicyclic) bond motifs is 1. The maximum atomic E-state index is 12.7. The summed E-state index contributed by atoms with van der Waals surface area (Å²) < 4.78 is 24.7. The van der Waals surface area contributed by atoms with Crippen molar-refractivity contribution in [3.05, 3.63) is 30.1 Å². The average Bonchev–Trinajstić information content (AvgIpc) is 3.24. The summed E-state index contributed by atoms with van der Waals surface area (Å²) in [4.78, 5) is 24.4. The van der Waals surface area contributed by atoms with E-state index in [1.165, 1.54) is 10.6 Å². The van der Waals surface area contributed by atoms with Crippen molar-refractivity contribution in [1.82, 2.24) is 29.4 Å². The van der Waals surface area contributed by atoms with Gasteiger partial charge in [0.05, 0.1) is 29.8 Å². The van der Waals surface area contributed by atoms with Crippen molar-refractivity contribution in [2.24, 2.45) is 0 Å². The molecular weight excluding hydrogens is 432 g/mol. The molecule has 0 spiro atoms. The topological polar surface area (TPSA) is 122 Å². The number of H-pyrrole nitrogens is 1. The van der Waals surface area contributed by atoms with E-state index in [-0.39, 0.29) is 11.9 Å². The Morgan fingerprint density at radius 3 is 2.47 bits per heavy atom. The van der Waals surface area contributed by atoms with E-state index < -0.39 is 16.1 Å². The number of carbonyl (C=O) groups is 1. The SMILES string of the molecule is CS(=O)(=O)N1CCN(CC(O)CN2CCC(NC(=O)c3cccc4[nH]cnc34)CC2)CC1. The molecule has 1 aromatic carbocycles. The number of imidazole rings is 1. The number of aliphatic hydroxyl groups excluding tert-OH is 1. The molecule has 0 aliphatic carbocycles. The van der Waals surface area contributed by atoms with Crippen LogP contribution in [0.25, 0.3) is 11.0 Å². The van der Waals surface area contributed by atoms with Gasteiger partial charge in [-0.3, -0.25) is 9.69 Å². The molecule has 1 unspecified atom stereocenters. The third kappa shape index (κ3) is 5.65. The number of piperidine rings is 1. The molecule has 2 aliphatic heterocycles. The number of aromatic nitrogens is 2. The quantitative estimate of drug-likeness (QED) is 0.514. The second kappa shape index (κ2) is 9.84. The Hall–Kier alpha value is -2.05. The summed E-state index contributed by atoms with van der Waals surface area (Å²) in [6, 6.07) is 5.64. The zero-order chi connectivity index (χ0) is 22.7. The number of β-amino-alcohol motifs (C(OH)–C–C–N with tert-alkyl or cyclic N) is 1. The van der Waals surface area contributed by atoms with Gasteiger partial charge in [0.15, 0.2) is 0 Å². The molecule has 176 valence electrons. The number of piperazine rings is 1. The predicted molar refractivity (Wildman–Crippen MR) is 122 cm³/mol. The van der Waals surface area contributed by atoms with Crippen LogP contribution in [0, 0.1) is 0 Å². The van der Waals surface area contributed by atoms with E-state index in [4.69, 9.17) is 0 Å². The van der Waals surface area contributed by atoms with Crippen LogP contribution in [-0.4, -0.2) is 114 Å². The first kappa shape index (κ1) is 23.1. The fourth-order valence-corrected chi connectivity index (χ4v) is 5.40. The van der Waals surface area contributed by atoms with Crippen molar-refractivity contribution < 1.29 is 18.3 Å². The summed E-state index contributed by atoms with van der Waals surface area (Å²) >= 11 is 0. The minimum Gasteiger partial charge on any atom is -0.390 e. The first-order valence-corrected chi connectivity index (χ1v) is 13.0. The maximum absolute atomic E-state index is 12.7. The van der Waals surface area contributed by atoms with Crippen LogP contribution >= 0.6 is 0 Å². The third-order valence-electron chi connectivity index (χ3n) is 6.36. The lowest BCUT2D eigenvalue weighted by atomic mass is 10.0. The zero-order valence-corrected chi connectivity index (χ0v) is 19.2. The number of hydrogen-bond donors (Lipinski definition) is 3. The Labute approximate surface area is 188 Å². The molecule has 10 nitrogen and oxygen atoms in total. The molecule has 3 N–H and O–H groups in total. The van der Waals surface area contributed by atoms with E-state index in [1.54, 1.807) is 12.4 Å². The third-order valence-corrected chi connectivity index (χ3v) is 7.66. The molecule has 1 amide bonds. The molecular formula is C21H32N6O4S. The number of aromatic amines is 1. The first-order valence-electron chi connectivity index (χ1n) is 11.1. The molecule has 1 atom stereocenters. The van der Waals surface area contributed by atoms with Gasteiger partial charge in [0.1, 0.15) is 5.52 Å². The first-order chi connectivity index (χ1) is 15.3. The Morgan fingerprint density at radius 2 is 1.81 bits per heavy atom. The lowest BCUT2D eigenvalue weighted by molar-refractivity contribution is 0.0526. The fraction of sp³-hybridized carbons (Fsp3) is 0.619. The molecule has 2 aliphatic rings. The standard InChI is InChI=1S/C21H32N6O4S/c1-32(30,31)27-11-9-26(10-12-27)14-17(28)13-25-7-5-16(6-8-25)24-21(29)18-3-2-4-19-20(18)23-15-22-19/h2-4,15-17,28H,5-14H2,1H3,(H,22,23)(H,24,29). The van der Waals surface area contributed by atoms with Gasteiger partial charge < -0.3 is 20.3 Å². The molecule has 11 heteroatoms. The van der Waals surface area contributed by atoms with E-state index in [2.05, 4.69) is 25.1 Å². The van der Waals surface area contributed by atoms with Crippen molar-refractivity contribution in [3.8, 4) is 0 Å². The lowest BCUT2D eigenvalue weighted by Gasteiger charge is -2.36. The molecule has 0 radical (unpaired) electrons. The molecule has 32 heavy (non-hydrogen) atoms. The van der Waals surface area contributed by atoms with Gasteiger partial charge in [-0.2, -0.15) is 4.31 Å². The Balaban J connectivity index is 1.19. The summed E-state index contributed by atoms with van der Waals surface area (Å²) in [6.45, 7) is 4.99. The van der Waals surface area contributed by atoms with Gasteiger partial charge in [-0.25, -0.2) is 13.4 Å². The number of hydrogen-bond acceptors (Lipinski definition) is 7. The number of aliphatic hydroxyl groups is 1. The predicted octanol–water partition coefficient (Wildman–Crippen LogP) is -0.305. The van der Waals surface area contributed by atoms with Crippen LogP contribution in [0.15, 0.2) is 24.5 Å². The normalized spacial score (nSPS) is 21.1. The van der Waals surface area contributed by atoms with Crippen LogP contribution < -0.4 is 5.32 Å². The summed E-state index contributed by atoms with van der Waals surface area (Å²) in [6.07, 6.45) is 4.02. The number of para-hydroxylation sites is 1. The van der Waals surface area contributed by atoms with Crippen molar-refractivity contribution in [1.29, 1.82) is 0 Å². The molecule has 3 heterocycles. The molecule has 2 aromatic rings. The van der Waals surface area contributed by atoms with E-state index in [9.17, 15) is 18.3 Å². The summed E-state index contributed by atoms with van der Waals surface area (Å²) in [7, 11) is -3.14. The van der Waals surface area contributed by atoms with E-state index in [0.717, 1.165) is 31.4 Å². The largest absolute Gasteiger partial charge is 0.390 e. The van der Waals surface area contributed by atoms with Crippen LogP contribution in [0.2, 0.25) is 0 Å². The highest BCUT2D eigenvalue weighted by Crippen LogP contribution is 2.17. The van der Waals surface area contributed by atoms with Crippen molar-refractivity contribution in [2.45, 2.75) is 25.0 Å². The highest BCUT2D eigenvalue weighted by atomic mass is 32.2. The summed E-state index contributed by atoms with van der Waals surface area (Å²) in [5, 5.41) is 13.7. The van der Waals surface area contributed by atoms with E-state index in [1.807, 2.05) is 12.1 Å². The van der Waals surface area contributed by atoms with Crippen molar-refractivity contribution >= 4 is 27.0 Å². The van der Waals surface area contributed by atoms with Crippen LogP contribution in [-0.2, 0) is 10.0 Å². The van der Waals surface area contributed by atoms with Crippen LogP contribution in [0.3, 0.4) is 0 Å². The van der Waals surface area contributed by atoms with Gasteiger partial charge in [-0.05, 0) is 25.0 Å². The summed E-state index contributed by atoms with van der Waals surface area (Å²) in [5.41, 5.74) is 2.11. The monoisotopic (exact) mass is 464 g/mol. The number of nitrogens with zero attached hydrogens (tertiary/aromatic N) is 4. The van der Waals surface area contributed by atoms with Gasteiger partial charge in [0.2, 0.25) is 10.0 Å². The second-order valence-corrected chi connectivity index (χ2v) is 10.8. The number of rotatable bonds is 7. The number of nitrogens with one attached hydrogen (secondary N) is 2. The number of carbonyl (C=O) groups excluding carboxylic acids is 1. The van der Waals surface area contributed by atoms with Crippen LogP contribution in [0.4, 0.5) is 0 Å². The molecule has 2 saturated heterocycles. The molecule has 4 rings (SSSR count). The molecule has 1 aromatic heterocycles. The Bertz CT molecular complexity index is 1030. The number of likely N-dealkylation sites (tertiary alicyclic amines) is 1. The van der Waals surface area contributed by atoms with Gasteiger partial charge in [-0.1, -0.05) is 6.07 Å². The van der Waals surface area contributed by atoms with E-state index in [0.29, 0.717) is 50.3 Å². The Morgan fingerprint density at radius 1 is 1.16 bits per heavy atom. The summed E-state index contributed by atoms with van der Waals surface area (Å²) in [5.74, 6) is -0.102. The zero-order valence-electron chi connectivity index (χ0n) is 18.4. The Kier molecular flexibility index (Phi) is 7.11. The van der Waals surface area contributed by atoms with Gasteiger partial charge in [-0.15, -0.1) is 0 Å². The van der Waals surface area contributed by atoms with Crippen LogP contribution in [0.1, 0.15) is 23.2 Å². The molecule has 0 saturated carbocycles. The fourth-order valence-electron chi connectivity index (χ4n) is 4.57. The smallest absolute Gasteiger partial charge is 0.253 e. The number of amides is 1. The minimum atomic E-state index is -3.14. The number of sulfonamides is 1. The second-order valence-electron chi connectivity index (χ2n) is 8.77. The highest BCUT2D eigenvalue weighted by molar-refractivity contribution is 7.88. The van der Waals surface area contributed by atoms with Crippen molar-refractivity contribution in [3.63, 3.8) is 0 Å². The minimum absolute atomic E-state index is 0.102. The van der Waals surface area contributed by atoms with Gasteiger partial charge in [0.25, 0.3) is 5.91 Å². The lowest BCUT2D eigenvalue weighted by Crippen LogP contribution is -2.52. The maximum Gasteiger partial charge on any atom is 0.253 e. The molecule has 0 bridgehead atoms.